The molecule has 7 rings (SSSR count). The monoisotopic (exact) mass is 714 g/mol. The SMILES string of the molecule is CC1(C)Oc2ccc3c(=O)cc(CBr)oc3c2[C@@H](OC(=O)C23CC[C@@](C)(C(=O)O2)C3(C)C)[C@H]1OC(=O)C12CC[C@](C)(C(=O)O1)C2(C)C. The van der Waals surface area contributed by atoms with Gasteiger partial charge in [-0.15, -0.1) is 0 Å². The zero-order chi connectivity index (χ0) is 34.3. The minimum absolute atomic E-state index is 0.106. The first-order valence-corrected chi connectivity index (χ1v) is 17.1. The molecule has 3 aliphatic heterocycles. The number of hydrogen-bond donors (Lipinski definition) is 0. The van der Waals surface area contributed by atoms with Gasteiger partial charge in [0.15, 0.2) is 17.6 Å². The minimum atomic E-state index is -1.60. The Morgan fingerprint density at radius 2 is 1.32 bits per heavy atom. The first kappa shape index (κ1) is 32.2. The molecule has 5 aliphatic rings. The molecule has 2 saturated carbocycles. The number of carbonyl (C=O) groups is 4. The molecule has 0 radical (unpaired) electrons. The maximum atomic E-state index is 14.5. The van der Waals surface area contributed by atoms with Crippen molar-refractivity contribution in [3.05, 3.63) is 39.7 Å². The van der Waals surface area contributed by atoms with E-state index in [1.54, 1.807) is 39.8 Å². The number of carbonyl (C=O) groups excluding carboxylic acids is 4. The fourth-order valence-electron chi connectivity index (χ4n) is 8.70. The second-order valence-electron chi connectivity index (χ2n) is 15.8. The van der Waals surface area contributed by atoms with Crippen LogP contribution < -0.4 is 10.2 Å². The summed E-state index contributed by atoms with van der Waals surface area (Å²) in [6.07, 6.45) is -1.31. The van der Waals surface area contributed by atoms with Gasteiger partial charge < -0.3 is 28.1 Å². The molecule has 4 heterocycles. The molecule has 6 atom stereocenters. The summed E-state index contributed by atoms with van der Waals surface area (Å²) in [6, 6.07) is 4.53. The van der Waals surface area contributed by atoms with Gasteiger partial charge in [0, 0.05) is 16.9 Å². The predicted molar refractivity (Wildman–Crippen MR) is 168 cm³/mol. The fraction of sp³-hybridized carbons (Fsp3) is 0.629. The van der Waals surface area contributed by atoms with E-state index >= 15 is 0 Å². The Bertz CT molecular complexity index is 1860. The molecule has 47 heavy (non-hydrogen) atoms. The van der Waals surface area contributed by atoms with Crippen molar-refractivity contribution >= 4 is 50.8 Å². The highest BCUT2D eigenvalue weighted by Gasteiger charge is 2.78. The summed E-state index contributed by atoms with van der Waals surface area (Å²) in [4.78, 5) is 68.2. The molecule has 0 spiro atoms. The number of fused-ring (bicyclic) bond motifs is 7. The van der Waals surface area contributed by atoms with Crippen LogP contribution >= 0.6 is 15.9 Å². The van der Waals surface area contributed by atoms with Crippen LogP contribution in [0.4, 0.5) is 0 Å². The van der Waals surface area contributed by atoms with Crippen LogP contribution in [0.2, 0.25) is 0 Å². The van der Waals surface area contributed by atoms with Crippen molar-refractivity contribution in [3.8, 4) is 5.75 Å². The maximum absolute atomic E-state index is 14.5. The van der Waals surface area contributed by atoms with Crippen LogP contribution in [0.3, 0.4) is 0 Å². The van der Waals surface area contributed by atoms with E-state index in [0.717, 1.165) is 0 Å². The lowest BCUT2D eigenvalue weighted by molar-refractivity contribution is -0.217. The summed E-state index contributed by atoms with van der Waals surface area (Å²) in [7, 11) is 0. The number of hydrogen-bond acceptors (Lipinski definition) is 11. The Morgan fingerprint density at radius 1 is 0.787 bits per heavy atom. The molecule has 12 heteroatoms. The normalized spacial score (nSPS) is 36.8. The summed E-state index contributed by atoms with van der Waals surface area (Å²) >= 11 is 3.35. The smallest absolute Gasteiger partial charge is 0.351 e. The standard InChI is InChI=1S/C35H39BrO11/c1-29(2)24(44-28(41)35-14-12-33(8,26(39)47-35)31(35,5)6)23(43-27(40)34-13-11-32(7,25(38)46-34)30(34,3)4)21-20(45-29)10-9-18-19(37)15-17(16-36)42-22(18)21/h9-10,15,23-24H,11-14,16H2,1-8H3/t23-,24-,32+,33-,34?,35?/m1/s1. The first-order valence-electron chi connectivity index (χ1n) is 16.0. The summed E-state index contributed by atoms with van der Waals surface area (Å²) < 4.78 is 37.0. The van der Waals surface area contributed by atoms with Gasteiger partial charge in [0.25, 0.3) is 0 Å². The van der Waals surface area contributed by atoms with Crippen molar-refractivity contribution < 1.29 is 47.3 Å². The van der Waals surface area contributed by atoms with Gasteiger partial charge in [-0.3, -0.25) is 14.4 Å². The average Bonchev–Trinajstić information content (AvgIpc) is 3.46. The Morgan fingerprint density at radius 3 is 1.79 bits per heavy atom. The second-order valence-corrected chi connectivity index (χ2v) is 16.3. The number of rotatable bonds is 5. The summed E-state index contributed by atoms with van der Waals surface area (Å²) in [5, 5.41) is 0.433. The van der Waals surface area contributed by atoms with Crippen LogP contribution in [0.5, 0.6) is 5.75 Å². The molecular formula is C35H39BrO11. The Labute approximate surface area is 280 Å². The molecule has 11 nitrogen and oxygen atoms in total. The van der Waals surface area contributed by atoms with E-state index in [-0.39, 0.29) is 45.9 Å². The average molecular weight is 716 g/mol. The number of alkyl halides is 1. The van der Waals surface area contributed by atoms with E-state index in [9.17, 15) is 24.0 Å². The third-order valence-electron chi connectivity index (χ3n) is 13.0. The second kappa shape index (κ2) is 9.39. The number of benzene rings is 1. The molecule has 252 valence electrons. The summed E-state index contributed by atoms with van der Waals surface area (Å²) in [5.41, 5.74) is -8.12. The highest BCUT2D eigenvalue weighted by atomic mass is 79.9. The molecule has 1 aromatic heterocycles. The van der Waals surface area contributed by atoms with Gasteiger partial charge in [-0.25, -0.2) is 9.59 Å². The van der Waals surface area contributed by atoms with Gasteiger partial charge in [0.05, 0.1) is 27.1 Å². The van der Waals surface area contributed by atoms with Crippen molar-refractivity contribution in [2.45, 2.75) is 115 Å². The van der Waals surface area contributed by atoms with Crippen LogP contribution in [0.15, 0.2) is 27.4 Å². The van der Waals surface area contributed by atoms with Crippen molar-refractivity contribution in [1.29, 1.82) is 0 Å². The Kier molecular flexibility index (Phi) is 6.42. The molecular weight excluding hydrogens is 676 g/mol. The zero-order valence-corrected chi connectivity index (χ0v) is 29.4. The van der Waals surface area contributed by atoms with Crippen LogP contribution in [-0.4, -0.2) is 46.8 Å². The fourth-order valence-corrected chi connectivity index (χ4v) is 8.98. The van der Waals surface area contributed by atoms with Crippen LogP contribution in [-0.2, 0) is 43.5 Å². The molecule has 1 aromatic carbocycles. The molecule has 0 N–H and O–H groups in total. The lowest BCUT2D eigenvalue weighted by Crippen LogP contribution is -2.57. The van der Waals surface area contributed by atoms with E-state index in [0.29, 0.717) is 18.6 Å². The number of esters is 4. The highest BCUT2D eigenvalue weighted by Crippen LogP contribution is 2.67. The van der Waals surface area contributed by atoms with Gasteiger partial charge in [0.1, 0.15) is 22.7 Å². The summed E-state index contributed by atoms with van der Waals surface area (Å²) in [6.45, 7) is 14.2. The van der Waals surface area contributed by atoms with E-state index in [2.05, 4.69) is 15.9 Å². The van der Waals surface area contributed by atoms with Gasteiger partial charge in [-0.05, 0) is 65.5 Å². The molecule has 2 aliphatic carbocycles. The first-order chi connectivity index (χ1) is 21.7. The molecule has 2 saturated heterocycles. The molecule has 2 aromatic rings. The molecule has 4 fully saturated rings. The third kappa shape index (κ3) is 3.65. The zero-order valence-electron chi connectivity index (χ0n) is 27.8. The van der Waals surface area contributed by atoms with Crippen LogP contribution in [0.25, 0.3) is 11.0 Å². The lowest BCUT2D eigenvalue weighted by Gasteiger charge is -2.45. The van der Waals surface area contributed by atoms with Gasteiger partial charge >= 0.3 is 23.9 Å². The van der Waals surface area contributed by atoms with Gasteiger partial charge in [-0.1, -0.05) is 43.6 Å². The van der Waals surface area contributed by atoms with Crippen molar-refractivity contribution in [3.63, 3.8) is 0 Å². The molecule has 0 amide bonds. The largest absolute Gasteiger partial charge is 0.483 e. The van der Waals surface area contributed by atoms with Gasteiger partial charge in [0.2, 0.25) is 11.2 Å². The lowest BCUT2D eigenvalue weighted by atomic mass is 9.66. The predicted octanol–water partition coefficient (Wildman–Crippen LogP) is 5.60. The third-order valence-corrected chi connectivity index (χ3v) is 13.5. The van der Waals surface area contributed by atoms with E-state index in [4.69, 9.17) is 28.1 Å². The number of ether oxygens (including phenoxy) is 5. The molecule has 2 unspecified atom stereocenters. The maximum Gasteiger partial charge on any atom is 0.351 e. The number of halogens is 1. The quantitative estimate of drug-likeness (QED) is 0.217. The van der Waals surface area contributed by atoms with Crippen molar-refractivity contribution in [2.75, 3.05) is 0 Å². The van der Waals surface area contributed by atoms with Crippen molar-refractivity contribution in [1.82, 2.24) is 0 Å². The van der Waals surface area contributed by atoms with E-state index in [1.807, 2.05) is 27.7 Å². The molecule has 4 bridgehead atoms. The van der Waals surface area contributed by atoms with Crippen LogP contribution in [0, 0.1) is 21.7 Å². The highest BCUT2D eigenvalue weighted by molar-refractivity contribution is 9.08. The minimum Gasteiger partial charge on any atom is -0.483 e. The van der Waals surface area contributed by atoms with Crippen LogP contribution in [0.1, 0.15) is 98.5 Å². The van der Waals surface area contributed by atoms with Crippen molar-refractivity contribution in [2.24, 2.45) is 21.7 Å². The van der Waals surface area contributed by atoms with E-state index in [1.165, 1.54) is 6.07 Å². The summed E-state index contributed by atoms with van der Waals surface area (Å²) in [5.74, 6) is -1.96. The van der Waals surface area contributed by atoms with E-state index < -0.39 is 74.5 Å². The Hall–Kier alpha value is -3.41. The Balaban J connectivity index is 1.38. The van der Waals surface area contributed by atoms with Gasteiger partial charge in [-0.2, -0.15) is 0 Å². The topological polar surface area (TPSA) is 145 Å².